The quantitative estimate of drug-likeness (QED) is 0.443. The predicted octanol–water partition coefficient (Wildman–Crippen LogP) is 0.761. The Balaban J connectivity index is 2.62. The maximum atomic E-state index is 11.1. The highest BCUT2D eigenvalue weighted by Gasteiger charge is 1.96. The fourth-order valence-corrected chi connectivity index (χ4v) is 0.940. The van der Waals surface area contributed by atoms with Crippen molar-refractivity contribution in [1.82, 2.24) is 9.71 Å². The highest BCUT2D eigenvalue weighted by atomic mass is 32.1. The van der Waals surface area contributed by atoms with E-state index in [-0.39, 0.29) is 0 Å². The van der Waals surface area contributed by atoms with Crippen LogP contribution in [-0.4, -0.2) is 16.3 Å². The second-order valence-electron chi connectivity index (χ2n) is 2.58. The van der Waals surface area contributed by atoms with Gasteiger partial charge in [0.05, 0.1) is 6.20 Å². The van der Waals surface area contributed by atoms with E-state index in [0.29, 0.717) is 11.6 Å². The predicted molar refractivity (Wildman–Crippen MR) is 52.1 cm³/mol. The molecule has 0 bridgehead atoms. The van der Waals surface area contributed by atoms with Crippen LogP contribution in [-0.2, 0) is 0 Å². The molecule has 4 nitrogen and oxygen atoms in total. The van der Waals surface area contributed by atoms with Crippen molar-refractivity contribution in [3.8, 4) is 0 Å². The van der Waals surface area contributed by atoms with Gasteiger partial charge in [0.2, 0.25) is 0 Å². The molecule has 1 aromatic heterocycles. The molecular weight excluding hydrogens is 188 g/mol. The van der Waals surface area contributed by atoms with E-state index in [1.807, 2.05) is 0 Å². The minimum absolute atomic E-state index is 0.403. The van der Waals surface area contributed by atoms with Gasteiger partial charge in [0.25, 0.3) is 0 Å². The zero-order valence-electron chi connectivity index (χ0n) is 7.43. The summed E-state index contributed by atoms with van der Waals surface area (Å²) in [5.41, 5.74) is -0.427. The first-order valence-electron chi connectivity index (χ1n) is 4.16. The summed E-state index contributed by atoms with van der Waals surface area (Å²) in [5.74, 6) is 0. The minimum atomic E-state index is -0.427. The number of thiol groups is 1. The summed E-state index contributed by atoms with van der Waals surface area (Å²) >= 11 is 3.93. The fraction of sp³-hybridized carbons (Fsp3) is 0.500. The molecule has 1 rings (SSSR count). The van der Waals surface area contributed by atoms with E-state index in [1.165, 1.54) is 6.20 Å². The molecule has 0 saturated carbocycles. The molecular formula is C8H12N2O2S. The van der Waals surface area contributed by atoms with Crippen LogP contribution >= 0.6 is 12.6 Å². The van der Waals surface area contributed by atoms with Gasteiger partial charge in [0.1, 0.15) is 11.6 Å². The molecule has 0 amide bonds. The molecule has 0 atom stereocenters. The van der Waals surface area contributed by atoms with Gasteiger partial charge in [0.15, 0.2) is 0 Å². The van der Waals surface area contributed by atoms with Crippen LogP contribution in [0.15, 0.2) is 22.1 Å². The van der Waals surface area contributed by atoms with E-state index in [2.05, 4.69) is 24.5 Å². The molecule has 72 valence electrons. The van der Waals surface area contributed by atoms with Crippen molar-refractivity contribution in [2.75, 3.05) is 6.61 Å². The molecule has 0 radical (unpaired) electrons. The lowest BCUT2D eigenvalue weighted by Crippen LogP contribution is -2.28. The second-order valence-corrected chi connectivity index (χ2v) is 3.04. The van der Waals surface area contributed by atoms with E-state index < -0.39 is 5.69 Å². The van der Waals surface area contributed by atoms with Crippen LogP contribution in [0.3, 0.4) is 0 Å². The molecule has 0 aliphatic carbocycles. The van der Waals surface area contributed by atoms with E-state index >= 15 is 0 Å². The summed E-state index contributed by atoms with van der Waals surface area (Å²) < 4.78 is 1.12. The number of unbranched alkanes of at least 4 members (excludes halogenated alkanes) is 1. The monoisotopic (exact) mass is 200 g/mol. The molecule has 0 aliphatic rings. The van der Waals surface area contributed by atoms with Crippen LogP contribution in [0.4, 0.5) is 0 Å². The first-order valence-corrected chi connectivity index (χ1v) is 4.60. The van der Waals surface area contributed by atoms with Crippen molar-refractivity contribution in [2.45, 2.75) is 24.8 Å². The standard InChI is InChI=1S/C8H12N2O2S/c1-2-3-6-12-10-5-4-7(13)9-8(10)11/h4-5H,2-3,6H2,1H3,(H,9,11,13). The van der Waals surface area contributed by atoms with Crippen molar-refractivity contribution in [1.29, 1.82) is 0 Å². The Hall–Kier alpha value is -0.970. The van der Waals surface area contributed by atoms with Crippen LogP contribution < -0.4 is 10.5 Å². The third-order valence-electron chi connectivity index (χ3n) is 1.49. The molecule has 0 saturated heterocycles. The Bertz CT molecular complexity index is 324. The Morgan fingerprint density at radius 3 is 3.08 bits per heavy atom. The molecule has 0 fully saturated rings. The summed E-state index contributed by atoms with van der Waals surface area (Å²) in [4.78, 5) is 19.9. The zero-order valence-corrected chi connectivity index (χ0v) is 8.33. The van der Waals surface area contributed by atoms with Crippen molar-refractivity contribution in [3.05, 3.63) is 22.7 Å². The van der Waals surface area contributed by atoms with E-state index in [9.17, 15) is 4.79 Å². The number of rotatable bonds is 4. The number of hydrogen-bond acceptors (Lipinski definition) is 4. The Kier molecular flexibility index (Phi) is 3.82. The van der Waals surface area contributed by atoms with Gasteiger partial charge < -0.3 is 4.84 Å². The highest BCUT2D eigenvalue weighted by Crippen LogP contribution is 1.94. The molecule has 0 N–H and O–H groups in total. The van der Waals surface area contributed by atoms with Crippen LogP contribution in [0.1, 0.15) is 19.8 Å². The maximum Gasteiger partial charge on any atom is 0.381 e. The van der Waals surface area contributed by atoms with Gasteiger partial charge in [-0.3, -0.25) is 0 Å². The van der Waals surface area contributed by atoms with Gasteiger partial charge in [-0.2, -0.15) is 4.98 Å². The lowest BCUT2D eigenvalue weighted by atomic mass is 10.4. The van der Waals surface area contributed by atoms with Crippen LogP contribution in [0.25, 0.3) is 0 Å². The summed E-state index contributed by atoms with van der Waals surface area (Å²) in [6, 6.07) is 1.61. The fourth-order valence-electron chi connectivity index (χ4n) is 0.788. The molecule has 13 heavy (non-hydrogen) atoms. The van der Waals surface area contributed by atoms with E-state index in [4.69, 9.17) is 4.84 Å². The maximum absolute atomic E-state index is 11.1. The van der Waals surface area contributed by atoms with Crippen molar-refractivity contribution < 1.29 is 4.84 Å². The number of nitrogens with zero attached hydrogens (tertiary/aromatic N) is 2. The van der Waals surface area contributed by atoms with Gasteiger partial charge in [-0.1, -0.05) is 13.3 Å². The van der Waals surface area contributed by atoms with Crippen LogP contribution in [0.2, 0.25) is 0 Å². The van der Waals surface area contributed by atoms with Crippen molar-refractivity contribution in [2.24, 2.45) is 0 Å². The summed E-state index contributed by atoms with van der Waals surface area (Å²) in [6.07, 6.45) is 3.48. The van der Waals surface area contributed by atoms with Gasteiger partial charge in [-0.25, -0.2) is 4.79 Å². The smallest absolute Gasteiger partial charge is 0.381 e. The Morgan fingerprint density at radius 1 is 1.69 bits per heavy atom. The lowest BCUT2D eigenvalue weighted by Gasteiger charge is -2.05. The average Bonchev–Trinajstić information content (AvgIpc) is 2.09. The topological polar surface area (TPSA) is 44.1 Å². The first-order chi connectivity index (χ1) is 6.24. The van der Waals surface area contributed by atoms with Crippen molar-refractivity contribution >= 4 is 12.6 Å². The SMILES string of the molecule is CCCCOn1ccc(S)nc1=O. The Labute approximate surface area is 81.9 Å². The van der Waals surface area contributed by atoms with E-state index in [0.717, 1.165) is 17.6 Å². The third kappa shape index (κ3) is 3.10. The van der Waals surface area contributed by atoms with Crippen molar-refractivity contribution in [3.63, 3.8) is 0 Å². The molecule has 1 heterocycles. The van der Waals surface area contributed by atoms with Crippen LogP contribution in [0.5, 0.6) is 0 Å². The summed E-state index contributed by atoms with van der Waals surface area (Å²) in [7, 11) is 0. The molecule has 0 spiro atoms. The van der Waals surface area contributed by atoms with Gasteiger partial charge in [-0.15, -0.1) is 17.4 Å². The molecule has 0 aliphatic heterocycles. The zero-order chi connectivity index (χ0) is 9.68. The molecule has 5 heteroatoms. The van der Waals surface area contributed by atoms with Gasteiger partial charge in [-0.05, 0) is 12.5 Å². The van der Waals surface area contributed by atoms with Crippen LogP contribution in [0, 0.1) is 0 Å². The normalized spacial score (nSPS) is 10.0. The van der Waals surface area contributed by atoms with E-state index in [1.54, 1.807) is 6.07 Å². The molecule has 0 unspecified atom stereocenters. The molecule has 0 aromatic carbocycles. The second kappa shape index (κ2) is 4.91. The lowest BCUT2D eigenvalue weighted by molar-refractivity contribution is 0.0952. The Morgan fingerprint density at radius 2 is 2.46 bits per heavy atom. The summed E-state index contributed by atoms with van der Waals surface area (Å²) in [5, 5.41) is 0.403. The third-order valence-corrected chi connectivity index (χ3v) is 1.74. The average molecular weight is 200 g/mol. The molecule has 1 aromatic rings. The van der Waals surface area contributed by atoms with Gasteiger partial charge >= 0.3 is 5.69 Å². The summed E-state index contributed by atoms with van der Waals surface area (Å²) in [6.45, 7) is 2.59. The largest absolute Gasteiger partial charge is 0.410 e. The minimum Gasteiger partial charge on any atom is -0.410 e. The number of hydrogen-bond donors (Lipinski definition) is 1. The van der Waals surface area contributed by atoms with Gasteiger partial charge in [0, 0.05) is 0 Å². The number of aromatic nitrogens is 2. The first kappa shape index (κ1) is 10.1. The highest BCUT2D eigenvalue weighted by molar-refractivity contribution is 7.80.